The van der Waals surface area contributed by atoms with E-state index in [0.717, 1.165) is 31.1 Å². The van der Waals surface area contributed by atoms with Crippen molar-refractivity contribution >= 4 is 56.0 Å². The van der Waals surface area contributed by atoms with Crippen molar-refractivity contribution in [2.24, 2.45) is 7.05 Å². The highest BCUT2D eigenvalue weighted by molar-refractivity contribution is 6.13. The van der Waals surface area contributed by atoms with E-state index in [9.17, 15) is 14.4 Å². The summed E-state index contributed by atoms with van der Waals surface area (Å²) in [6, 6.07) is 33.6. The van der Waals surface area contributed by atoms with Crippen molar-refractivity contribution in [1.29, 1.82) is 0 Å². The van der Waals surface area contributed by atoms with Crippen LogP contribution in [0.2, 0.25) is 0 Å². The number of benzene rings is 5. The van der Waals surface area contributed by atoms with E-state index in [1.807, 2.05) is 24.3 Å². The summed E-state index contributed by atoms with van der Waals surface area (Å²) in [5.41, 5.74) is 5.62. The third-order valence-corrected chi connectivity index (χ3v) is 9.30. The molecule has 2 aromatic heterocycles. The Hall–Kier alpha value is -6.39. The monoisotopic (exact) mass is 694 g/mol. The average Bonchev–Trinajstić information content (AvgIpc) is 3.44. The number of para-hydroxylation sites is 2. The Balaban J connectivity index is 1.02. The van der Waals surface area contributed by atoms with Crippen LogP contribution in [0.5, 0.6) is 11.5 Å². The number of nitrogens with zero attached hydrogens (tertiary/aromatic N) is 2. The van der Waals surface area contributed by atoms with Crippen LogP contribution < -0.4 is 25.5 Å². The molecule has 2 N–H and O–H groups in total. The molecular formula is C42H38N4O6. The molecule has 0 saturated carbocycles. The zero-order valence-electron chi connectivity index (χ0n) is 29.4. The molecule has 10 nitrogen and oxygen atoms in total. The second kappa shape index (κ2) is 14.5. The highest BCUT2D eigenvalue weighted by Crippen LogP contribution is 2.34. The smallest absolute Gasteiger partial charge is 0.291 e. The number of carbonyl (C=O) groups excluding carboxylic acids is 2. The van der Waals surface area contributed by atoms with Crippen LogP contribution in [-0.2, 0) is 20.0 Å². The summed E-state index contributed by atoms with van der Waals surface area (Å²) in [6.07, 6.45) is 0.831. The van der Waals surface area contributed by atoms with E-state index in [0.29, 0.717) is 22.6 Å². The number of aromatic nitrogens is 1. The minimum absolute atomic E-state index is 0.126. The fourth-order valence-electron chi connectivity index (χ4n) is 6.55. The van der Waals surface area contributed by atoms with Gasteiger partial charge in [0, 0.05) is 59.8 Å². The number of hydrogen-bond acceptors (Lipinski definition) is 7. The van der Waals surface area contributed by atoms with E-state index in [4.69, 9.17) is 13.9 Å². The Kier molecular flexibility index (Phi) is 9.47. The van der Waals surface area contributed by atoms with Crippen LogP contribution in [0.3, 0.4) is 0 Å². The van der Waals surface area contributed by atoms with E-state index in [-0.39, 0.29) is 28.0 Å². The SMILES string of the molecule is COc1cc(NC(=O)c2cc(=O)c3ccccc3o2)c(C(=O)Nc2ccc(CCN(C)Cc3ccc4c(c3)c3ccccc3n4C)cc2)cc1OC. The number of ether oxygens (including phenoxy) is 2. The first-order valence-electron chi connectivity index (χ1n) is 16.9. The molecule has 262 valence electrons. The zero-order valence-corrected chi connectivity index (χ0v) is 29.4. The van der Waals surface area contributed by atoms with Gasteiger partial charge in [0.1, 0.15) is 5.58 Å². The standard InChI is InChI=1S/C42H38N4O6/c1-45(25-27-15-18-35-31(21-27)29-9-5-7-11-34(29)46(35)2)20-19-26-13-16-28(17-14-26)43-41(48)32-22-38(50-3)39(51-4)23-33(32)44-42(49)40-24-36(47)30-10-6-8-12-37(30)52-40/h5-18,21-24H,19-20,25H2,1-4H3,(H,43,48)(H,44,49). The van der Waals surface area contributed by atoms with Gasteiger partial charge in [-0.3, -0.25) is 14.4 Å². The van der Waals surface area contributed by atoms with Crippen molar-refractivity contribution in [3.05, 3.63) is 142 Å². The third kappa shape index (κ3) is 6.84. The number of fused-ring (bicyclic) bond motifs is 4. The van der Waals surface area contributed by atoms with Gasteiger partial charge in [-0.2, -0.15) is 0 Å². The van der Waals surface area contributed by atoms with Gasteiger partial charge >= 0.3 is 0 Å². The minimum Gasteiger partial charge on any atom is -0.493 e. The number of carbonyl (C=O) groups is 2. The highest BCUT2D eigenvalue weighted by Gasteiger charge is 2.21. The van der Waals surface area contributed by atoms with Gasteiger partial charge in [0.05, 0.1) is 30.9 Å². The Morgan fingerprint density at radius 1 is 0.731 bits per heavy atom. The number of nitrogens with one attached hydrogen (secondary N) is 2. The van der Waals surface area contributed by atoms with E-state index in [1.54, 1.807) is 24.3 Å². The summed E-state index contributed by atoms with van der Waals surface area (Å²) in [5.74, 6) is -0.770. The van der Waals surface area contributed by atoms with Crippen LogP contribution in [-0.4, -0.2) is 49.1 Å². The van der Waals surface area contributed by atoms with Gasteiger partial charge in [-0.25, -0.2) is 0 Å². The van der Waals surface area contributed by atoms with Crippen molar-refractivity contribution in [1.82, 2.24) is 9.47 Å². The minimum atomic E-state index is -0.701. The first-order valence-corrected chi connectivity index (χ1v) is 16.9. The lowest BCUT2D eigenvalue weighted by molar-refractivity contribution is 0.0997. The molecule has 7 rings (SSSR count). The lowest BCUT2D eigenvalue weighted by atomic mass is 10.1. The summed E-state index contributed by atoms with van der Waals surface area (Å²) >= 11 is 0. The highest BCUT2D eigenvalue weighted by atomic mass is 16.5. The molecule has 0 spiro atoms. The van der Waals surface area contributed by atoms with Crippen LogP contribution >= 0.6 is 0 Å². The second-order valence-corrected chi connectivity index (χ2v) is 12.7. The summed E-state index contributed by atoms with van der Waals surface area (Å²) in [4.78, 5) is 41.9. The number of amides is 2. The summed E-state index contributed by atoms with van der Waals surface area (Å²) in [6.45, 7) is 1.68. The molecule has 10 heteroatoms. The molecule has 5 aromatic carbocycles. The van der Waals surface area contributed by atoms with Gasteiger partial charge in [-0.05, 0) is 73.1 Å². The predicted molar refractivity (Wildman–Crippen MR) is 205 cm³/mol. The van der Waals surface area contributed by atoms with E-state index in [1.165, 1.54) is 53.7 Å². The van der Waals surface area contributed by atoms with Crippen LogP contribution in [0.4, 0.5) is 11.4 Å². The number of likely N-dealkylation sites (N-methyl/N-ethyl adjacent to an activating group) is 1. The first-order chi connectivity index (χ1) is 25.2. The van der Waals surface area contributed by atoms with Gasteiger partial charge in [-0.1, -0.05) is 48.5 Å². The molecule has 0 radical (unpaired) electrons. The maximum Gasteiger partial charge on any atom is 0.291 e. The van der Waals surface area contributed by atoms with Crippen molar-refractivity contribution in [2.45, 2.75) is 13.0 Å². The van der Waals surface area contributed by atoms with Gasteiger partial charge in [-0.15, -0.1) is 0 Å². The second-order valence-electron chi connectivity index (χ2n) is 12.7. The molecular weight excluding hydrogens is 656 g/mol. The summed E-state index contributed by atoms with van der Waals surface area (Å²) in [5, 5.41) is 8.51. The molecule has 0 aliphatic rings. The number of hydrogen-bond donors (Lipinski definition) is 2. The molecule has 0 atom stereocenters. The normalized spacial score (nSPS) is 11.3. The van der Waals surface area contributed by atoms with Gasteiger partial charge in [0.2, 0.25) is 0 Å². The molecule has 0 aliphatic heterocycles. The average molecular weight is 695 g/mol. The lowest BCUT2D eigenvalue weighted by Gasteiger charge is -2.17. The van der Waals surface area contributed by atoms with Crippen molar-refractivity contribution in [2.75, 3.05) is 38.4 Å². The predicted octanol–water partition coefficient (Wildman–Crippen LogP) is 7.63. The van der Waals surface area contributed by atoms with Crippen molar-refractivity contribution in [3.63, 3.8) is 0 Å². The Bertz CT molecular complexity index is 2520. The number of aryl methyl sites for hydroxylation is 1. The molecule has 0 bridgehead atoms. The van der Waals surface area contributed by atoms with E-state index in [2.05, 4.69) is 76.7 Å². The first kappa shape index (κ1) is 34.1. The molecule has 7 aromatic rings. The maximum absolute atomic E-state index is 13.6. The Morgan fingerprint density at radius 3 is 2.17 bits per heavy atom. The van der Waals surface area contributed by atoms with Gasteiger partial charge < -0.3 is 34.0 Å². The molecule has 2 heterocycles. The molecule has 0 unspecified atom stereocenters. The van der Waals surface area contributed by atoms with Crippen LogP contribution in [0.15, 0.2) is 118 Å². The zero-order chi connectivity index (χ0) is 36.4. The van der Waals surface area contributed by atoms with Crippen molar-refractivity contribution in [3.8, 4) is 11.5 Å². The van der Waals surface area contributed by atoms with E-state index >= 15 is 0 Å². The third-order valence-electron chi connectivity index (χ3n) is 9.30. The maximum atomic E-state index is 13.6. The number of anilines is 2. The lowest BCUT2D eigenvalue weighted by Crippen LogP contribution is -2.21. The quantitative estimate of drug-likeness (QED) is 0.143. The summed E-state index contributed by atoms with van der Waals surface area (Å²) < 4.78 is 18.8. The van der Waals surface area contributed by atoms with E-state index < -0.39 is 11.8 Å². The van der Waals surface area contributed by atoms with Crippen LogP contribution in [0.1, 0.15) is 32.0 Å². The molecule has 0 fully saturated rings. The van der Waals surface area contributed by atoms with Gasteiger partial charge in [0.15, 0.2) is 22.7 Å². The van der Waals surface area contributed by atoms with Gasteiger partial charge in [0.25, 0.3) is 11.8 Å². The number of rotatable bonds is 11. The number of methoxy groups -OCH3 is 2. The topological polar surface area (TPSA) is 115 Å². The molecule has 52 heavy (non-hydrogen) atoms. The Labute approximate surface area is 300 Å². The van der Waals surface area contributed by atoms with Crippen LogP contribution in [0, 0.1) is 0 Å². The largest absolute Gasteiger partial charge is 0.493 e. The summed E-state index contributed by atoms with van der Waals surface area (Å²) in [7, 11) is 7.14. The van der Waals surface area contributed by atoms with Crippen molar-refractivity contribution < 1.29 is 23.5 Å². The molecule has 0 aliphatic carbocycles. The van der Waals surface area contributed by atoms with Crippen LogP contribution in [0.25, 0.3) is 32.8 Å². The molecule has 2 amide bonds. The molecule has 0 saturated heterocycles. The fourth-order valence-corrected chi connectivity index (χ4v) is 6.55. The Morgan fingerprint density at radius 2 is 1.40 bits per heavy atom. The fraction of sp³-hybridized carbons (Fsp3) is 0.167.